The third-order valence-electron chi connectivity index (χ3n) is 2.25. The Morgan fingerprint density at radius 3 is 2.80 bits per heavy atom. The highest BCUT2D eigenvalue weighted by molar-refractivity contribution is 5.96. The molecule has 82 valence electrons. The Bertz CT molecular complexity index is 347. The number of halogens is 1. The van der Waals surface area contributed by atoms with Gasteiger partial charge in [-0.25, -0.2) is 4.39 Å². The highest BCUT2D eigenvalue weighted by Gasteiger charge is 2.07. The Balaban J connectivity index is 2.62. The molecule has 0 bridgehead atoms. The van der Waals surface area contributed by atoms with Crippen LogP contribution in [0.25, 0.3) is 0 Å². The quantitative estimate of drug-likeness (QED) is 0.551. The first-order chi connectivity index (χ1) is 7.15. The Morgan fingerprint density at radius 1 is 1.47 bits per heavy atom. The van der Waals surface area contributed by atoms with Gasteiger partial charge in [-0.15, -0.1) is 0 Å². The average molecular weight is 210 g/mol. The summed E-state index contributed by atoms with van der Waals surface area (Å²) in [7, 11) is 1.59. The number of hydrogen-bond donors (Lipinski definition) is 0. The van der Waals surface area contributed by atoms with E-state index in [0.717, 1.165) is 0 Å². The maximum absolute atomic E-state index is 13.2. The van der Waals surface area contributed by atoms with Crippen LogP contribution in [0.1, 0.15) is 28.8 Å². The van der Waals surface area contributed by atoms with Crippen LogP contribution in [0.3, 0.4) is 0 Å². The number of benzene rings is 1. The highest BCUT2D eigenvalue weighted by atomic mass is 19.1. The molecule has 1 rings (SSSR count). The minimum Gasteiger partial charge on any atom is -0.385 e. The number of carbonyl (C=O) groups excluding carboxylic acids is 1. The van der Waals surface area contributed by atoms with Crippen molar-refractivity contribution in [2.75, 3.05) is 13.7 Å². The molecule has 0 amide bonds. The molecule has 2 nitrogen and oxygen atoms in total. The Morgan fingerprint density at radius 2 is 2.20 bits per heavy atom. The monoisotopic (exact) mass is 210 g/mol. The van der Waals surface area contributed by atoms with E-state index in [4.69, 9.17) is 4.74 Å². The third kappa shape index (κ3) is 3.44. The molecular weight excluding hydrogens is 195 g/mol. The molecule has 0 saturated heterocycles. The number of hydrogen-bond acceptors (Lipinski definition) is 2. The van der Waals surface area contributed by atoms with Gasteiger partial charge in [-0.3, -0.25) is 4.79 Å². The summed E-state index contributed by atoms with van der Waals surface area (Å²) in [6.07, 6.45) is 1.07. The molecule has 3 heteroatoms. The lowest BCUT2D eigenvalue weighted by Crippen LogP contribution is -2.02. The van der Waals surface area contributed by atoms with E-state index in [2.05, 4.69) is 0 Å². The number of aryl methyl sites for hydroxylation is 1. The summed E-state index contributed by atoms with van der Waals surface area (Å²) in [6, 6.07) is 4.58. The van der Waals surface area contributed by atoms with Crippen molar-refractivity contribution in [2.45, 2.75) is 19.8 Å². The van der Waals surface area contributed by atoms with Crippen molar-refractivity contribution in [1.29, 1.82) is 0 Å². The van der Waals surface area contributed by atoms with Gasteiger partial charge in [0, 0.05) is 25.7 Å². The van der Waals surface area contributed by atoms with Crippen LogP contribution in [0.15, 0.2) is 18.2 Å². The van der Waals surface area contributed by atoms with E-state index in [1.807, 2.05) is 0 Å². The number of carbonyl (C=O) groups is 1. The largest absolute Gasteiger partial charge is 0.385 e. The van der Waals surface area contributed by atoms with E-state index in [1.54, 1.807) is 26.2 Å². The third-order valence-corrected chi connectivity index (χ3v) is 2.25. The summed E-state index contributed by atoms with van der Waals surface area (Å²) < 4.78 is 18.0. The van der Waals surface area contributed by atoms with Crippen molar-refractivity contribution in [3.63, 3.8) is 0 Å². The molecule has 0 aliphatic heterocycles. The minimum absolute atomic E-state index is 0.0362. The van der Waals surface area contributed by atoms with Crippen LogP contribution in [0.4, 0.5) is 4.39 Å². The van der Waals surface area contributed by atoms with Crippen LogP contribution in [0.2, 0.25) is 0 Å². The van der Waals surface area contributed by atoms with Gasteiger partial charge < -0.3 is 4.74 Å². The van der Waals surface area contributed by atoms with Gasteiger partial charge >= 0.3 is 0 Å². The summed E-state index contributed by atoms with van der Waals surface area (Å²) in [4.78, 5) is 11.6. The Kier molecular flexibility index (Phi) is 4.43. The number of Topliss-reactive ketones (excluding diaryl/α,β-unsaturated/α-hetero) is 1. The number of ketones is 1. The van der Waals surface area contributed by atoms with Crippen molar-refractivity contribution in [3.05, 3.63) is 35.1 Å². The van der Waals surface area contributed by atoms with Crippen LogP contribution in [-0.2, 0) is 4.74 Å². The molecule has 1 aromatic carbocycles. The van der Waals surface area contributed by atoms with Gasteiger partial charge in [0.1, 0.15) is 5.82 Å². The van der Waals surface area contributed by atoms with Crippen LogP contribution in [0, 0.1) is 12.7 Å². The van der Waals surface area contributed by atoms with Crippen molar-refractivity contribution < 1.29 is 13.9 Å². The molecule has 0 N–H and O–H groups in total. The maximum atomic E-state index is 13.2. The van der Waals surface area contributed by atoms with Gasteiger partial charge in [0.05, 0.1) is 0 Å². The molecule has 1 aromatic rings. The Hall–Kier alpha value is -1.22. The van der Waals surface area contributed by atoms with Gasteiger partial charge in [-0.1, -0.05) is 12.1 Å². The predicted octanol–water partition coefficient (Wildman–Crippen LogP) is 2.74. The van der Waals surface area contributed by atoms with Gasteiger partial charge in [0.25, 0.3) is 0 Å². The molecular formula is C12H15FO2. The number of methoxy groups -OCH3 is 1. The molecule has 0 radical (unpaired) electrons. The normalized spacial score (nSPS) is 10.3. The lowest BCUT2D eigenvalue weighted by molar-refractivity contribution is 0.0963. The molecule has 0 aliphatic rings. The van der Waals surface area contributed by atoms with Crippen LogP contribution >= 0.6 is 0 Å². The standard InChI is InChI=1S/C12H15FO2/c1-9-5-6-10(8-11(9)13)12(14)4-3-7-15-2/h5-6,8H,3-4,7H2,1-2H3. The number of rotatable bonds is 5. The summed E-state index contributed by atoms with van der Waals surface area (Å²) in [5.41, 5.74) is 0.998. The van der Waals surface area contributed by atoms with Gasteiger partial charge in [0.15, 0.2) is 5.78 Å². The zero-order valence-electron chi connectivity index (χ0n) is 9.05. The lowest BCUT2D eigenvalue weighted by atomic mass is 10.0. The average Bonchev–Trinajstić information content (AvgIpc) is 2.22. The zero-order valence-corrected chi connectivity index (χ0v) is 9.05. The van der Waals surface area contributed by atoms with Gasteiger partial charge in [-0.05, 0) is 25.0 Å². The van der Waals surface area contributed by atoms with E-state index in [-0.39, 0.29) is 11.6 Å². The highest BCUT2D eigenvalue weighted by Crippen LogP contribution is 2.11. The van der Waals surface area contributed by atoms with Crippen molar-refractivity contribution in [3.8, 4) is 0 Å². The molecule has 0 fully saturated rings. The second-order valence-electron chi connectivity index (χ2n) is 3.48. The fourth-order valence-electron chi connectivity index (χ4n) is 1.29. The fourth-order valence-corrected chi connectivity index (χ4v) is 1.29. The molecule has 0 unspecified atom stereocenters. The van der Waals surface area contributed by atoms with Crippen molar-refractivity contribution in [1.82, 2.24) is 0 Å². The predicted molar refractivity (Wildman–Crippen MR) is 56.6 cm³/mol. The molecule has 0 saturated carbocycles. The first-order valence-electron chi connectivity index (χ1n) is 4.93. The van der Waals surface area contributed by atoms with E-state index in [1.165, 1.54) is 6.07 Å². The zero-order chi connectivity index (χ0) is 11.3. The molecule has 0 heterocycles. The number of ether oxygens (including phenoxy) is 1. The SMILES string of the molecule is COCCCC(=O)c1ccc(C)c(F)c1. The summed E-state index contributed by atoms with van der Waals surface area (Å²) in [5.74, 6) is -0.362. The fraction of sp³-hybridized carbons (Fsp3) is 0.417. The van der Waals surface area contributed by atoms with Crippen molar-refractivity contribution in [2.24, 2.45) is 0 Å². The summed E-state index contributed by atoms with van der Waals surface area (Å²) in [6.45, 7) is 2.23. The van der Waals surface area contributed by atoms with E-state index < -0.39 is 0 Å². The lowest BCUT2D eigenvalue weighted by Gasteiger charge is -2.02. The minimum atomic E-state index is -0.326. The van der Waals surface area contributed by atoms with Crippen LogP contribution in [-0.4, -0.2) is 19.5 Å². The first kappa shape index (κ1) is 11.9. The van der Waals surface area contributed by atoms with E-state index in [9.17, 15) is 9.18 Å². The summed E-state index contributed by atoms with van der Waals surface area (Å²) in [5, 5.41) is 0. The van der Waals surface area contributed by atoms with Gasteiger partial charge in [-0.2, -0.15) is 0 Å². The summed E-state index contributed by atoms with van der Waals surface area (Å²) >= 11 is 0. The molecule has 15 heavy (non-hydrogen) atoms. The van der Waals surface area contributed by atoms with Crippen LogP contribution in [0.5, 0.6) is 0 Å². The van der Waals surface area contributed by atoms with E-state index >= 15 is 0 Å². The van der Waals surface area contributed by atoms with Crippen molar-refractivity contribution >= 4 is 5.78 Å². The Labute approximate surface area is 89.1 Å². The van der Waals surface area contributed by atoms with Crippen LogP contribution < -0.4 is 0 Å². The second-order valence-corrected chi connectivity index (χ2v) is 3.48. The maximum Gasteiger partial charge on any atom is 0.163 e. The molecule has 0 aromatic heterocycles. The molecule has 0 atom stereocenters. The second kappa shape index (κ2) is 5.61. The van der Waals surface area contributed by atoms with E-state index in [0.29, 0.717) is 30.6 Å². The molecule has 0 spiro atoms. The first-order valence-corrected chi connectivity index (χ1v) is 4.93. The topological polar surface area (TPSA) is 26.3 Å². The van der Waals surface area contributed by atoms with Gasteiger partial charge in [0.2, 0.25) is 0 Å². The smallest absolute Gasteiger partial charge is 0.163 e. The molecule has 0 aliphatic carbocycles.